The second-order valence-electron chi connectivity index (χ2n) is 7.89. The fraction of sp³-hybridized carbons (Fsp3) is 0.240. The van der Waals surface area contributed by atoms with Gasteiger partial charge in [-0.2, -0.15) is 0 Å². The average molecular weight is 526 g/mol. The Morgan fingerprint density at radius 1 is 1.24 bits per heavy atom. The Morgan fingerprint density at radius 2 is 1.97 bits per heavy atom. The van der Waals surface area contributed by atoms with Gasteiger partial charge in [0.15, 0.2) is 16.3 Å². The van der Waals surface area contributed by atoms with E-state index < -0.39 is 33.9 Å². The van der Waals surface area contributed by atoms with E-state index in [1.165, 1.54) is 43.1 Å². The van der Waals surface area contributed by atoms with Gasteiger partial charge in [-0.1, -0.05) is 29.5 Å². The number of nitrogens with zero attached hydrogens (tertiary/aromatic N) is 3. The molecule has 1 aliphatic rings. The molecule has 11 nitrogen and oxygen atoms in total. The number of phenolic OH excluding ortho intramolecular Hbond substituents is 1. The number of esters is 1. The topological polar surface area (TPSA) is 142 Å². The molecule has 0 radical (unpaired) electrons. The Labute approximate surface area is 214 Å². The van der Waals surface area contributed by atoms with Crippen molar-refractivity contribution in [3.63, 3.8) is 0 Å². The van der Waals surface area contributed by atoms with Crippen molar-refractivity contribution in [2.45, 2.75) is 19.9 Å². The van der Waals surface area contributed by atoms with Gasteiger partial charge < -0.3 is 19.3 Å². The highest BCUT2D eigenvalue weighted by atomic mass is 32.1. The van der Waals surface area contributed by atoms with Crippen LogP contribution in [0.25, 0.3) is 6.08 Å². The zero-order valence-electron chi connectivity index (χ0n) is 20.4. The zero-order chi connectivity index (χ0) is 26.9. The van der Waals surface area contributed by atoms with Gasteiger partial charge >= 0.3 is 11.7 Å². The summed E-state index contributed by atoms with van der Waals surface area (Å²) in [5.74, 6) is -0.299. The Balaban J connectivity index is 1.99. The zero-order valence-corrected chi connectivity index (χ0v) is 21.2. The molecule has 2 heterocycles. The lowest BCUT2D eigenvalue weighted by atomic mass is 9.95. The van der Waals surface area contributed by atoms with Gasteiger partial charge in [-0.15, -0.1) is 0 Å². The maximum atomic E-state index is 13.7. The van der Waals surface area contributed by atoms with Gasteiger partial charge in [-0.25, -0.2) is 9.79 Å². The smallest absolute Gasteiger partial charge is 0.338 e. The van der Waals surface area contributed by atoms with Crippen LogP contribution in [-0.2, 0) is 9.53 Å². The number of phenols is 1. The third-order valence-electron chi connectivity index (χ3n) is 5.77. The molecule has 1 aliphatic heterocycles. The molecule has 1 N–H and O–H groups in total. The lowest BCUT2D eigenvalue weighted by Gasteiger charge is -2.25. The maximum absolute atomic E-state index is 13.7. The molecule has 12 heteroatoms. The van der Waals surface area contributed by atoms with Crippen LogP contribution in [0.3, 0.4) is 0 Å². The Kier molecular flexibility index (Phi) is 7.11. The van der Waals surface area contributed by atoms with Crippen molar-refractivity contribution >= 4 is 29.1 Å². The van der Waals surface area contributed by atoms with Crippen molar-refractivity contribution in [1.29, 1.82) is 0 Å². The van der Waals surface area contributed by atoms with Gasteiger partial charge in [0.1, 0.15) is 0 Å². The van der Waals surface area contributed by atoms with Crippen LogP contribution >= 0.6 is 11.3 Å². The number of hydrogen-bond acceptors (Lipinski definition) is 10. The van der Waals surface area contributed by atoms with E-state index in [-0.39, 0.29) is 22.3 Å². The minimum absolute atomic E-state index is 0.100. The summed E-state index contributed by atoms with van der Waals surface area (Å²) in [4.78, 5) is 42.0. The normalized spacial score (nSPS) is 15.1. The molecule has 0 saturated heterocycles. The number of aromatic nitrogens is 1. The fourth-order valence-electron chi connectivity index (χ4n) is 4.08. The molecular formula is C25H23N3O8S. The molecule has 4 rings (SSSR count). The fourth-order valence-corrected chi connectivity index (χ4v) is 5.12. The van der Waals surface area contributed by atoms with Gasteiger partial charge in [-0.05, 0) is 37.6 Å². The molecule has 0 aliphatic carbocycles. The summed E-state index contributed by atoms with van der Waals surface area (Å²) in [7, 11) is 2.98. The maximum Gasteiger partial charge on any atom is 0.338 e. The van der Waals surface area contributed by atoms with Gasteiger partial charge in [0.25, 0.3) is 5.56 Å². The number of nitro benzene ring substituents is 1. The number of rotatable bonds is 7. The number of ether oxygens (including phenoxy) is 3. The first-order valence-electron chi connectivity index (χ1n) is 11.1. The monoisotopic (exact) mass is 525 g/mol. The number of hydrogen-bond donors (Lipinski definition) is 1. The van der Waals surface area contributed by atoms with Crippen molar-refractivity contribution in [1.82, 2.24) is 4.57 Å². The molecule has 192 valence electrons. The van der Waals surface area contributed by atoms with Crippen molar-refractivity contribution < 1.29 is 29.0 Å². The van der Waals surface area contributed by atoms with Crippen LogP contribution in [-0.4, -0.2) is 41.4 Å². The number of methoxy groups -OCH3 is 2. The Hall–Kier alpha value is -4.45. The molecular weight excluding hydrogens is 502 g/mol. The predicted molar refractivity (Wildman–Crippen MR) is 135 cm³/mol. The van der Waals surface area contributed by atoms with E-state index in [4.69, 9.17) is 14.2 Å². The van der Waals surface area contributed by atoms with Crippen LogP contribution in [0.5, 0.6) is 17.2 Å². The van der Waals surface area contributed by atoms with E-state index in [2.05, 4.69) is 4.99 Å². The standard InChI is InChI=1S/C25H23N3O8S/c1-5-36-24(31)20-13(2)26-25-27(21(20)14-9-10-17(34-3)18(11-14)35-4)23(30)19(37-25)12-15-7-6-8-16(22(15)29)28(32)33/h6-12,21,29H,5H2,1-4H3/b19-12-. The van der Waals surface area contributed by atoms with Crippen molar-refractivity contribution in [3.05, 3.63) is 88.6 Å². The number of aromatic hydroxyl groups is 1. The quantitative estimate of drug-likeness (QED) is 0.282. The summed E-state index contributed by atoms with van der Waals surface area (Å²) in [6.07, 6.45) is 1.36. The number of thiazole rings is 1. The van der Waals surface area contributed by atoms with Gasteiger partial charge in [-0.3, -0.25) is 19.5 Å². The molecule has 1 atom stereocenters. The molecule has 0 fully saturated rings. The highest BCUT2D eigenvalue weighted by Gasteiger charge is 2.34. The van der Waals surface area contributed by atoms with E-state index >= 15 is 0 Å². The predicted octanol–water partition coefficient (Wildman–Crippen LogP) is 2.43. The third-order valence-corrected chi connectivity index (χ3v) is 6.75. The largest absolute Gasteiger partial charge is 0.502 e. The van der Waals surface area contributed by atoms with E-state index in [0.29, 0.717) is 27.6 Å². The summed E-state index contributed by atoms with van der Waals surface area (Å²) >= 11 is 1.03. The molecule has 2 aromatic carbocycles. The van der Waals surface area contributed by atoms with E-state index in [1.54, 1.807) is 32.0 Å². The van der Waals surface area contributed by atoms with Gasteiger partial charge in [0.05, 0.1) is 47.6 Å². The Bertz CT molecular complexity index is 1620. The lowest BCUT2D eigenvalue weighted by Crippen LogP contribution is -2.40. The van der Waals surface area contributed by atoms with E-state index in [1.807, 2.05) is 0 Å². The first kappa shape index (κ1) is 25.6. The average Bonchev–Trinajstić information content (AvgIpc) is 3.18. The Morgan fingerprint density at radius 3 is 2.62 bits per heavy atom. The lowest BCUT2D eigenvalue weighted by molar-refractivity contribution is -0.385. The van der Waals surface area contributed by atoms with Crippen LogP contribution in [0, 0.1) is 10.1 Å². The van der Waals surface area contributed by atoms with Crippen LogP contribution in [0.1, 0.15) is 31.0 Å². The van der Waals surface area contributed by atoms with Crippen LogP contribution in [0.4, 0.5) is 5.69 Å². The first-order valence-corrected chi connectivity index (χ1v) is 11.9. The minimum atomic E-state index is -0.893. The molecule has 1 unspecified atom stereocenters. The molecule has 1 aromatic heterocycles. The molecule has 0 amide bonds. The number of carbonyl (C=O) groups is 1. The number of nitro groups is 1. The number of allylic oxidation sites excluding steroid dienone is 1. The van der Waals surface area contributed by atoms with E-state index in [9.17, 15) is 24.8 Å². The summed E-state index contributed by atoms with van der Waals surface area (Å²) in [5, 5.41) is 21.6. The third kappa shape index (κ3) is 4.58. The number of para-hydroxylation sites is 1. The second-order valence-corrected chi connectivity index (χ2v) is 8.90. The van der Waals surface area contributed by atoms with Crippen molar-refractivity contribution in [3.8, 4) is 17.2 Å². The van der Waals surface area contributed by atoms with Gasteiger partial charge in [0, 0.05) is 11.6 Å². The highest BCUT2D eigenvalue weighted by molar-refractivity contribution is 7.07. The SMILES string of the molecule is CCOC(=O)C1=C(C)N=c2s/c(=C\c3cccc([N+](=O)[O-])c3O)c(=O)n2C1c1ccc(OC)c(OC)c1. The summed E-state index contributed by atoms with van der Waals surface area (Å²) in [6.45, 7) is 3.47. The van der Waals surface area contributed by atoms with Crippen LogP contribution in [0.15, 0.2) is 57.5 Å². The number of carbonyl (C=O) groups excluding carboxylic acids is 1. The summed E-state index contributed by atoms with van der Waals surface area (Å²) in [5.41, 5.74) is 0.244. The highest BCUT2D eigenvalue weighted by Crippen LogP contribution is 2.36. The molecule has 0 bridgehead atoms. The molecule has 0 saturated carbocycles. The van der Waals surface area contributed by atoms with Crippen LogP contribution in [0.2, 0.25) is 0 Å². The van der Waals surface area contributed by atoms with Gasteiger partial charge in [0.2, 0.25) is 5.75 Å². The van der Waals surface area contributed by atoms with Crippen molar-refractivity contribution in [2.75, 3.05) is 20.8 Å². The molecule has 0 spiro atoms. The molecule has 37 heavy (non-hydrogen) atoms. The number of fused-ring (bicyclic) bond motifs is 1. The van der Waals surface area contributed by atoms with Crippen LogP contribution < -0.4 is 24.4 Å². The molecule has 3 aromatic rings. The second kappa shape index (κ2) is 10.3. The summed E-state index contributed by atoms with van der Waals surface area (Å²) in [6, 6.07) is 8.20. The van der Waals surface area contributed by atoms with E-state index in [0.717, 1.165) is 11.3 Å². The minimum Gasteiger partial charge on any atom is -0.502 e. The first-order chi connectivity index (χ1) is 17.7. The van der Waals surface area contributed by atoms with Crippen molar-refractivity contribution in [2.24, 2.45) is 4.99 Å². The summed E-state index contributed by atoms with van der Waals surface area (Å²) < 4.78 is 17.6. The number of benzene rings is 2.